The Kier molecular flexibility index (Phi) is 5.02. The lowest BCUT2D eigenvalue weighted by Crippen LogP contribution is -2.33. The van der Waals surface area contributed by atoms with E-state index in [1.165, 1.54) is 18.3 Å². The van der Waals surface area contributed by atoms with E-state index in [4.69, 9.17) is 4.84 Å². The second kappa shape index (κ2) is 7.56. The van der Waals surface area contributed by atoms with Crippen LogP contribution < -0.4 is 5.32 Å². The first kappa shape index (κ1) is 17.3. The molecule has 1 aromatic carbocycles. The highest BCUT2D eigenvalue weighted by Crippen LogP contribution is 2.22. The van der Waals surface area contributed by atoms with Gasteiger partial charge in [0.05, 0.1) is 16.7 Å². The van der Waals surface area contributed by atoms with Crippen molar-refractivity contribution in [2.24, 2.45) is 0 Å². The zero-order valence-electron chi connectivity index (χ0n) is 13.7. The molecule has 0 radical (unpaired) electrons. The third kappa shape index (κ3) is 3.59. The van der Waals surface area contributed by atoms with Gasteiger partial charge in [-0.2, -0.15) is 0 Å². The van der Waals surface area contributed by atoms with Crippen LogP contribution in [0.1, 0.15) is 43.9 Å². The van der Waals surface area contributed by atoms with Crippen LogP contribution in [-0.4, -0.2) is 40.3 Å². The molecule has 1 aliphatic heterocycles. The van der Waals surface area contributed by atoms with E-state index in [0.29, 0.717) is 17.0 Å². The van der Waals surface area contributed by atoms with Crippen molar-refractivity contribution in [3.8, 4) is 0 Å². The molecule has 0 fully saturated rings. The molecule has 132 valence electrons. The van der Waals surface area contributed by atoms with Crippen LogP contribution in [0.25, 0.3) is 0 Å². The minimum Gasteiger partial charge on any atom is -0.352 e. The number of hydroxylamine groups is 2. The molecule has 1 N–H and O–H groups in total. The van der Waals surface area contributed by atoms with Gasteiger partial charge in [0, 0.05) is 25.4 Å². The quantitative estimate of drug-likeness (QED) is 0.621. The standard InChI is InChI=1S/C18H15N3O5/c22-15(8-4-10-20-16(23)12-5-3-9-19-11-12)26-21-17(24)13-6-1-2-7-14(13)18(21)25/h1-3,5-7,9,11H,4,8,10H2,(H,20,23). The second-order valence-corrected chi connectivity index (χ2v) is 5.51. The fourth-order valence-corrected chi connectivity index (χ4v) is 2.43. The Morgan fingerprint density at radius 3 is 2.35 bits per heavy atom. The molecule has 8 nitrogen and oxygen atoms in total. The number of nitrogens with zero attached hydrogens (tertiary/aromatic N) is 2. The van der Waals surface area contributed by atoms with Crippen LogP contribution in [0.15, 0.2) is 48.8 Å². The number of carbonyl (C=O) groups is 4. The molecule has 2 aromatic rings. The summed E-state index contributed by atoms with van der Waals surface area (Å²) >= 11 is 0. The van der Waals surface area contributed by atoms with Gasteiger partial charge in [-0.05, 0) is 30.7 Å². The molecule has 3 rings (SSSR count). The highest BCUT2D eigenvalue weighted by molar-refractivity contribution is 6.20. The van der Waals surface area contributed by atoms with Crippen molar-refractivity contribution in [3.63, 3.8) is 0 Å². The van der Waals surface area contributed by atoms with Crippen LogP contribution in [0.5, 0.6) is 0 Å². The maximum atomic E-state index is 12.1. The van der Waals surface area contributed by atoms with Gasteiger partial charge < -0.3 is 10.2 Å². The van der Waals surface area contributed by atoms with Crippen molar-refractivity contribution >= 4 is 23.7 Å². The lowest BCUT2D eigenvalue weighted by Gasteiger charge is -2.12. The number of pyridine rings is 1. The van der Waals surface area contributed by atoms with Crippen LogP contribution >= 0.6 is 0 Å². The molecular weight excluding hydrogens is 338 g/mol. The molecular formula is C18H15N3O5. The lowest BCUT2D eigenvalue weighted by atomic mass is 10.1. The van der Waals surface area contributed by atoms with Crippen LogP contribution in [0.3, 0.4) is 0 Å². The number of carbonyl (C=O) groups excluding carboxylic acids is 4. The van der Waals surface area contributed by atoms with Crippen LogP contribution in [0.2, 0.25) is 0 Å². The van der Waals surface area contributed by atoms with E-state index >= 15 is 0 Å². The molecule has 0 unspecified atom stereocenters. The number of hydrogen-bond acceptors (Lipinski definition) is 6. The number of nitrogens with one attached hydrogen (secondary N) is 1. The van der Waals surface area contributed by atoms with E-state index in [9.17, 15) is 19.2 Å². The number of rotatable bonds is 6. The Morgan fingerprint density at radius 1 is 1.04 bits per heavy atom. The first-order valence-corrected chi connectivity index (χ1v) is 7.95. The Labute approximate surface area is 148 Å². The highest BCUT2D eigenvalue weighted by atomic mass is 16.7. The van der Waals surface area contributed by atoms with Gasteiger partial charge in [0.1, 0.15) is 0 Å². The molecule has 0 aliphatic carbocycles. The smallest absolute Gasteiger partial charge is 0.333 e. The van der Waals surface area contributed by atoms with Crippen molar-refractivity contribution in [3.05, 3.63) is 65.5 Å². The van der Waals surface area contributed by atoms with Gasteiger partial charge in [-0.25, -0.2) is 4.79 Å². The predicted molar refractivity (Wildman–Crippen MR) is 88.8 cm³/mol. The largest absolute Gasteiger partial charge is 0.352 e. The molecule has 26 heavy (non-hydrogen) atoms. The number of imide groups is 1. The van der Waals surface area contributed by atoms with Gasteiger partial charge in [-0.3, -0.25) is 19.4 Å². The van der Waals surface area contributed by atoms with Crippen molar-refractivity contribution in [1.29, 1.82) is 0 Å². The van der Waals surface area contributed by atoms with Crippen LogP contribution in [0.4, 0.5) is 0 Å². The van der Waals surface area contributed by atoms with E-state index in [1.807, 2.05) is 0 Å². The zero-order chi connectivity index (χ0) is 18.5. The van der Waals surface area contributed by atoms with Crippen LogP contribution in [0, 0.1) is 0 Å². The van der Waals surface area contributed by atoms with Crippen molar-refractivity contribution < 1.29 is 24.0 Å². The molecule has 0 saturated heterocycles. The first-order chi connectivity index (χ1) is 12.6. The lowest BCUT2D eigenvalue weighted by molar-refractivity contribution is -0.168. The topological polar surface area (TPSA) is 106 Å². The first-order valence-electron chi connectivity index (χ1n) is 7.95. The average molecular weight is 353 g/mol. The van der Waals surface area contributed by atoms with Gasteiger partial charge in [0.25, 0.3) is 17.7 Å². The van der Waals surface area contributed by atoms with Gasteiger partial charge in [-0.15, -0.1) is 0 Å². The zero-order valence-corrected chi connectivity index (χ0v) is 13.7. The summed E-state index contributed by atoms with van der Waals surface area (Å²) in [6.07, 6.45) is 3.24. The van der Waals surface area contributed by atoms with E-state index in [0.717, 1.165) is 0 Å². The van der Waals surface area contributed by atoms with Gasteiger partial charge >= 0.3 is 5.97 Å². The highest BCUT2D eigenvalue weighted by Gasteiger charge is 2.38. The fraction of sp³-hybridized carbons (Fsp3) is 0.167. The van der Waals surface area contributed by atoms with Crippen molar-refractivity contribution in [1.82, 2.24) is 15.4 Å². The predicted octanol–water partition coefficient (Wildman–Crippen LogP) is 1.35. The Bertz CT molecular complexity index is 831. The molecule has 1 aromatic heterocycles. The number of aromatic nitrogens is 1. The number of hydrogen-bond donors (Lipinski definition) is 1. The normalized spacial score (nSPS) is 12.7. The molecule has 3 amide bonds. The third-order valence-corrected chi connectivity index (χ3v) is 3.72. The summed E-state index contributed by atoms with van der Waals surface area (Å²) in [5.41, 5.74) is 0.823. The number of benzene rings is 1. The van der Waals surface area contributed by atoms with Gasteiger partial charge in [0.15, 0.2) is 0 Å². The summed E-state index contributed by atoms with van der Waals surface area (Å²) in [4.78, 5) is 56.6. The summed E-state index contributed by atoms with van der Waals surface area (Å²) in [5, 5.41) is 3.12. The van der Waals surface area contributed by atoms with E-state index < -0.39 is 17.8 Å². The summed E-state index contributed by atoms with van der Waals surface area (Å²) in [6, 6.07) is 9.52. The Hall–Kier alpha value is -3.55. The van der Waals surface area contributed by atoms with E-state index in [-0.39, 0.29) is 30.0 Å². The van der Waals surface area contributed by atoms with Crippen LogP contribution in [-0.2, 0) is 9.63 Å². The number of amides is 3. The number of fused-ring (bicyclic) bond motifs is 1. The molecule has 8 heteroatoms. The van der Waals surface area contributed by atoms with E-state index in [1.54, 1.807) is 30.5 Å². The molecule has 0 atom stereocenters. The summed E-state index contributed by atoms with van der Waals surface area (Å²) in [5.74, 6) is -2.35. The Morgan fingerprint density at radius 2 is 1.73 bits per heavy atom. The van der Waals surface area contributed by atoms with Crippen molar-refractivity contribution in [2.45, 2.75) is 12.8 Å². The maximum absolute atomic E-state index is 12.1. The molecule has 2 heterocycles. The molecule has 0 saturated carbocycles. The second-order valence-electron chi connectivity index (χ2n) is 5.51. The minimum atomic E-state index is -0.727. The fourth-order valence-electron chi connectivity index (χ4n) is 2.43. The third-order valence-electron chi connectivity index (χ3n) is 3.72. The van der Waals surface area contributed by atoms with Gasteiger partial charge in [-0.1, -0.05) is 17.2 Å². The maximum Gasteiger partial charge on any atom is 0.333 e. The summed E-state index contributed by atoms with van der Waals surface area (Å²) in [6.45, 7) is 0.241. The van der Waals surface area contributed by atoms with Crippen molar-refractivity contribution in [2.75, 3.05) is 6.54 Å². The molecule has 0 bridgehead atoms. The summed E-state index contributed by atoms with van der Waals surface area (Å²) < 4.78 is 0. The van der Waals surface area contributed by atoms with Gasteiger partial charge in [0.2, 0.25) is 0 Å². The SMILES string of the molecule is O=C(CCCNC(=O)c1cccnc1)ON1C(=O)c2ccccc2C1=O. The minimum absolute atomic E-state index is 0.0548. The summed E-state index contributed by atoms with van der Waals surface area (Å²) in [7, 11) is 0. The average Bonchev–Trinajstić information content (AvgIpc) is 2.91. The monoisotopic (exact) mass is 353 g/mol. The Balaban J connectivity index is 1.45. The van der Waals surface area contributed by atoms with E-state index in [2.05, 4.69) is 10.3 Å². The molecule has 0 spiro atoms. The molecule has 1 aliphatic rings.